The average molecular weight is 488 g/mol. The molecule has 1 heterocycles. The molecule has 4 rings (SSSR count). The molecule has 2 amide bonds. The molecule has 7 heteroatoms. The second-order valence-corrected chi connectivity index (χ2v) is 9.30. The summed E-state index contributed by atoms with van der Waals surface area (Å²) in [5.41, 5.74) is 9.39. The first-order valence-corrected chi connectivity index (χ1v) is 12.2. The molecule has 0 saturated carbocycles. The van der Waals surface area contributed by atoms with Gasteiger partial charge in [0.25, 0.3) is 11.8 Å². The van der Waals surface area contributed by atoms with E-state index in [4.69, 9.17) is 15.2 Å². The Kier molecular flexibility index (Phi) is 8.36. The number of rotatable bonds is 9. The van der Waals surface area contributed by atoms with E-state index in [1.165, 1.54) is 5.56 Å². The molecule has 7 nitrogen and oxygen atoms in total. The highest BCUT2D eigenvalue weighted by Gasteiger charge is 2.22. The van der Waals surface area contributed by atoms with Crippen LogP contribution in [-0.2, 0) is 24.4 Å². The number of para-hydroxylation sites is 1. The van der Waals surface area contributed by atoms with Crippen molar-refractivity contribution in [1.29, 1.82) is 0 Å². The van der Waals surface area contributed by atoms with E-state index < -0.39 is 5.91 Å². The summed E-state index contributed by atoms with van der Waals surface area (Å²) in [5, 5.41) is 2.98. The number of hydrogen-bond acceptors (Lipinski definition) is 5. The number of nitrogens with zero attached hydrogens (tertiary/aromatic N) is 1. The van der Waals surface area contributed by atoms with Crippen LogP contribution in [0.3, 0.4) is 0 Å². The molecular weight excluding hydrogens is 454 g/mol. The maximum Gasteiger partial charge on any atom is 0.252 e. The van der Waals surface area contributed by atoms with Crippen LogP contribution in [0.2, 0.25) is 0 Å². The summed E-state index contributed by atoms with van der Waals surface area (Å²) >= 11 is 0. The Hall–Kier alpha value is -3.68. The third-order valence-corrected chi connectivity index (χ3v) is 6.11. The van der Waals surface area contributed by atoms with E-state index in [1.807, 2.05) is 12.1 Å². The zero-order valence-electron chi connectivity index (χ0n) is 20.8. The van der Waals surface area contributed by atoms with E-state index in [1.54, 1.807) is 36.4 Å². The van der Waals surface area contributed by atoms with E-state index in [0.29, 0.717) is 23.4 Å². The lowest BCUT2D eigenvalue weighted by Gasteiger charge is -2.35. The van der Waals surface area contributed by atoms with Gasteiger partial charge in [-0.15, -0.1) is 0 Å². The first-order valence-electron chi connectivity index (χ1n) is 12.2. The van der Waals surface area contributed by atoms with Gasteiger partial charge in [-0.25, -0.2) is 0 Å². The summed E-state index contributed by atoms with van der Waals surface area (Å²) in [6, 6.07) is 22.4. The number of ether oxygens (including phenoxy) is 2. The van der Waals surface area contributed by atoms with Gasteiger partial charge in [0.1, 0.15) is 12.4 Å². The fourth-order valence-corrected chi connectivity index (χ4v) is 4.48. The van der Waals surface area contributed by atoms with E-state index in [-0.39, 0.29) is 24.7 Å². The van der Waals surface area contributed by atoms with Gasteiger partial charge in [-0.2, -0.15) is 0 Å². The maximum absolute atomic E-state index is 12.7. The second kappa shape index (κ2) is 11.8. The Labute approximate surface area is 212 Å². The third kappa shape index (κ3) is 6.93. The quantitative estimate of drug-likeness (QED) is 0.477. The molecule has 36 heavy (non-hydrogen) atoms. The summed E-state index contributed by atoms with van der Waals surface area (Å²) < 4.78 is 11.6. The molecule has 188 valence electrons. The lowest BCUT2D eigenvalue weighted by molar-refractivity contribution is -0.0704. The van der Waals surface area contributed by atoms with Gasteiger partial charge in [0.05, 0.1) is 17.8 Å². The van der Waals surface area contributed by atoms with E-state index in [0.717, 1.165) is 30.8 Å². The molecule has 0 radical (unpaired) electrons. The summed E-state index contributed by atoms with van der Waals surface area (Å²) in [7, 11) is 0. The fraction of sp³-hybridized carbons (Fsp3) is 0.310. The molecular formula is C29H33N3O4. The van der Waals surface area contributed by atoms with Crippen LogP contribution in [0.15, 0.2) is 72.8 Å². The minimum atomic E-state index is -0.544. The number of amides is 2. The van der Waals surface area contributed by atoms with Crippen LogP contribution in [0.1, 0.15) is 51.3 Å². The highest BCUT2D eigenvalue weighted by Crippen LogP contribution is 2.19. The van der Waals surface area contributed by atoms with Gasteiger partial charge in [0.15, 0.2) is 0 Å². The minimum absolute atomic E-state index is 0.158. The topological polar surface area (TPSA) is 93.9 Å². The van der Waals surface area contributed by atoms with Crippen molar-refractivity contribution in [3.63, 3.8) is 0 Å². The third-order valence-electron chi connectivity index (χ3n) is 6.11. The zero-order chi connectivity index (χ0) is 25.5. The predicted molar refractivity (Wildman–Crippen MR) is 139 cm³/mol. The van der Waals surface area contributed by atoms with Crippen molar-refractivity contribution in [3.8, 4) is 5.75 Å². The molecule has 0 aliphatic carbocycles. The van der Waals surface area contributed by atoms with Crippen molar-refractivity contribution in [2.24, 2.45) is 5.73 Å². The molecule has 2 unspecified atom stereocenters. The first kappa shape index (κ1) is 25.4. The number of benzene rings is 3. The summed E-state index contributed by atoms with van der Waals surface area (Å²) in [5.74, 6) is -0.284. The standard InChI is InChI=1S/C29H33N3O4/c1-20-16-32(17-21(2)36-20)18-23-12-10-22(11-13-23)15-31-29(34)25-7-5-6-24(14-25)19-35-27-9-4-3-8-26(27)28(30)33/h3-14,20-21H,15-19H2,1-2H3,(H2,30,33)(H,31,34). The average Bonchev–Trinajstić information content (AvgIpc) is 2.86. The Morgan fingerprint density at radius 3 is 2.36 bits per heavy atom. The number of carbonyl (C=O) groups excluding carboxylic acids is 2. The maximum atomic E-state index is 12.7. The van der Waals surface area contributed by atoms with E-state index in [2.05, 4.69) is 48.3 Å². The van der Waals surface area contributed by atoms with Gasteiger partial charge in [0, 0.05) is 31.7 Å². The van der Waals surface area contributed by atoms with Crippen LogP contribution >= 0.6 is 0 Å². The Bertz CT molecular complexity index is 1190. The number of morpholine rings is 1. The molecule has 3 aromatic rings. The van der Waals surface area contributed by atoms with Gasteiger partial charge in [-0.05, 0) is 54.8 Å². The molecule has 1 aliphatic heterocycles. The predicted octanol–water partition coefficient (Wildman–Crippen LogP) is 3.90. The molecule has 1 saturated heterocycles. The molecule has 0 spiro atoms. The van der Waals surface area contributed by atoms with Crippen molar-refractivity contribution in [1.82, 2.24) is 10.2 Å². The highest BCUT2D eigenvalue weighted by molar-refractivity contribution is 5.95. The summed E-state index contributed by atoms with van der Waals surface area (Å²) in [6.07, 6.45) is 0.499. The molecule has 2 atom stereocenters. The van der Waals surface area contributed by atoms with Crippen LogP contribution in [-0.4, -0.2) is 42.0 Å². The summed E-state index contributed by atoms with van der Waals surface area (Å²) in [4.78, 5) is 26.7. The van der Waals surface area contributed by atoms with E-state index in [9.17, 15) is 9.59 Å². The van der Waals surface area contributed by atoms with Crippen molar-refractivity contribution in [2.75, 3.05) is 13.1 Å². The monoisotopic (exact) mass is 487 g/mol. The number of nitrogens with one attached hydrogen (secondary N) is 1. The molecule has 3 N–H and O–H groups in total. The Morgan fingerprint density at radius 2 is 1.64 bits per heavy atom. The van der Waals surface area contributed by atoms with Gasteiger partial charge in [-0.3, -0.25) is 14.5 Å². The molecule has 3 aromatic carbocycles. The van der Waals surface area contributed by atoms with Crippen LogP contribution in [0.25, 0.3) is 0 Å². The van der Waals surface area contributed by atoms with E-state index >= 15 is 0 Å². The van der Waals surface area contributed by atoms with Gasteiger partial charge >= 0.3 is 0 Å². The number of primary amides is 1. The lowest BCUT2D eigenvalue weighted by Crippen LogP contribution is -2.44. The number of hydrogen-bond donors (Lipinski definition) is 2. The van der Waals surface area contributed by atoms with Crippen LogP contribution < -0.4 is 15.8 Å². The van der Waals surface area contributed by atoms with Gasteiger partial charge in [0.2, 0.25) is 0 Å². The lowest BCUT2D eigenvalue weighted by atomic mass is 10.1. The SMILES string of the molecule is CC1CN(Cc2ccc(CNC(=O)c3cccc(COc4ccccc4C(N)=O)c3)cc2)CC(C)O1. The fourth-order valence-electron chi connectivity index (χ4n) is 4.48. The van der Waals surface area contributed by atoms with Crippen molar-refractivity contribution < 1.29 is 19.1 Å². The van der Waals surface area contributed by atoms with Crippen molar-refractivity contribution in [3.05, 3.63) is 101 Å². The molecule has 0 aromatic heterocycles. The number of carbonyl (C=O) groups is 2. The van der Waals surface area contributed by atoms with Crippen molar-refractivity contribution in [2.45, 2.75) is 45.8 Å². The minimum Gasteiger partial charge on any atom is -0.488 e. The van der Waals surface area contributed by atoms with Crippen LogP contribution in [0, 0.1) is 0 Å². The smallest absolute Gasteiger partial charge is 0.252 e. The molecule has 1 aliphatic rings. The normalized spacial score (nSPS) is 17.9. The highest BCUT2D eigenvalue weighted by atomic mass is 16.5. The second-order valence-electron chi connectivity index (χ2n) is 9.30. The molecule has 0 bridgehead atoms. The summed E-state index contributed by atoms with van der Waals surface area (Å²) in [6.45, 7) is 7.64. The Balaban J connectivity index is 1.29. The van der Waals surface area contributed by atoms with Crippen molar-refractivity contribution >= 4 is 11.8 Å². The molecule has 1 fully saturated rings. The first-order chi connectivity index (χ1) is 17.4. The van der Waals surface area contributed by atoms with Gasteiger partial charge < -0.3 is 20.5 Å². The van der Waals surface area contributed by atoms with Crippen LogP contribution in [0.4, 0.5) is 0 Å². The largest absolute Gasteiger partial charge is 0.488 e. The van der Waals surface area contributed by atoms with Crippen LogP contribution in [0.5, 0.6) is 5.75 Å². The zero-order valence-corrected chi connectivity index (χ0v) is 20.8. The van der Waals surface area contributed by atoms with Gasteiger partial charge in [-0.1, -0.05) is 48.5 Å². The Morgan fingerprint density at radius 1 is 0.944 bits per heavy atom. The number of nitrogens with two attached hydrogens (primary N) is 1.